The van der Waals surface area contributed by atoms with Crippen LogP contribution in [0.2, 0.25) is 0 Å². The number of nitrogens with one attached hydrogen (secondary N) is 1. The van der Waals surface area contributed by atoms with Crippen LogP contribution in [-0.2, 0) is 17.1 Å². The van der Waals surface area contributed by atoms with Gasteiger partial charge in [-0.05, 0) is 12.7 Å². The Bertz CT molecular complexity index is 69.4. The van der Waals surface area contributed by atoms with Crippen molar-refractivity contribution >= 4 is 28.3 Å². The first-order chi connectivity index (χ1) is 3.81. The molecule has 1 nitrogen and oxygen atoms in total. The van der Waals surface area contributed by atoms with Crippen LogP contribution < -0.4 is 5.32 Å². The van der Waals surface area contributed by atoms with Crippen LogP contribution in [0.4, 0.5) is 0 Å². The van der Waals surface area contributed by atoms with E-state index in [1.54, 1.807) is 11.8 Å². The van der Waals surface area contributed by atoms with Crippen molar-refractivity contribution in [1.29, 1.82) is 0 Å². The van der Waals surface area contributed by atoms with Crippen LogP contribution in [0.1, 0.15) is 13.8 Å². The summed E-state index contributed by atoms with van der Waals surface area (Å²) in [5.74, 6) is 1.06. The molecule has 0 fully saturated rings. The molecule has 0 amide bonds. The molecular weight excluding hydrogens is 202 g/mol. The van der Waals surface area contributed by atoms with Crippen molar-refractivity contribution in [3.63, 3.8) is 0 Å². The summed E-state index contributed by atoms with van der Waals surface area (Å²) >= 11 is 6.58. The van der Waals surface area contributed by atoms with Crippen molar-refractivity contribution in [2.75, 3.05) is 12.3 Å². The second-order valence-corrected chi connectivity index (χ2v) is 3.19. The van der Waals surface area contributed by atoms with E-state index in [0.717, 1.165) is 16.6 Å². The predicted octanol–water partition coefficient (Wildman–Crippen LogP) is 1.63. The number of hydrogen-bond acceptors (Lipinski definition) is 2. The molecule has 0 aromatic heterocycles. The van der Waals surface area contributed by atoms with Crippen LogP contribution >= 0.6 is 24.0 Å². The average Bonchev–Trinajstić information content (AvgIpc) is 1.68. The third-order valence-electron chi connectivity index (χ3n) is 0.597. The van der Waals surface area contributed by atoms with Gasteiger partial charge in [-0.25, -0.2) is 0 Å². The van der Waals surface area contributed by atoms with Gasteiger partial charge in [0.15, 0.2) is 0 Å². The van der Waals surface area contributed by atoms with Crippen molar-refractivity contribution in [3.05, 3.63) is 0 Å². The zero-order valence-corrected chi connectivity index (χ0v) is 8.11. The molecule has 0 aromatic rings. The molecule has 0 aliphatic carbocycles. The molecule has 0 atom stereocenters. The molecule has 0 aliphatic heterocycles. The van der Waals surface area contributed by atoms with E-state index < -0.39 is 0 Å². The smallest absolute Gasteiger partial charge is 0.133 e. The van der Waals surface area contributed by atoms with Crippen LogP contribution in [0.3, 0.4) is 0 Å². The monoisotopic (exact) mass is 212 g/mol. The Morgan fingerprint density at radius 2 is 2.11 bits per heavy atom. The van der Waals surface area contributed by atoms with Gasteiger partial charge < -0.3 is 5.32 Å². The van der Waals surface area contributed by atoms with Gasteiger partial charge in [-0.2, -0.15) is 0 Å². The fraction of sp³-hybridized carbons (Fsp3) is 0.800. The van der Waals surface area contributed by atoms with Gasteiger partial charge in [-0.15, -0.1) is 0 Å². The first-order valence-corrected chi connectivity index (χ1v) is 4.11. The standard InChI is InChI=1S/C5H11NS2.Cu/c1-3-6-5(7)8-4-2;/h3-4H2,1-2H3,(H,6,7);. The summed E-state index contributed by atoms with van der Waals surface area (Å²) in [6.45, 7) is 5.07. The second kappa shape index (κ2) is 8.76. The number of hydrogen-bond donors (Lipinski definition) is 1. The number of thiocarbonyl (C=S) groups is 1. The predicted molar refractivity (Wildman–Crippen MR) is 44.4 cm³/mol. The summed E-state index contributed by atoms with van der Waals surface area (Å²) in [5.41, 5.74) is 0. The molecule has 0 saturated carbocycles. The van der Waals surface area contributed by atoms with E-state index in [9.17, 15) is 0 Å². The molecule has 0 spiro atoms. The molecule has 4 heteroatoms. The average molecular weight is 213 g/mol. The molecule has 1 N–H and O–H groups in total. The molecule has 0 aromatic carbocycles. The van der Waals surface area contributed by atoms with E-state index >= 15 is 0 Å². The molecule has 0 unspecified atom stereocenters. The van der Waals surface area contributed by atoms with Gasteiger partial charge in [-0.1, -0.05) is 30.9 Å². The van der Waals surface area contributed by atoms with Crippen molar-refractivity contribution in [3.8, 4) is 0 Å². The quantitative estimate of drug-likeness (QED) is 0.552. The fourth-order valence-electron chi connectivity index (χ4n) is 0.326. The molecule has 0 bridgehead atoms. The van der Waals surface area contributed by atoms with Crippen LogP contribution in [0.5, 0.6) is 0 Å². The van der Waals surface area contributed by atoms with Gasteiger partial charge in [0.05, 0.1) is 0 Å². The summed E-state index contributed by atoms with van der Waals surface area (Å²) < 4.78 is 0.912. The summed E-state index contributed by atoms with van der Waals surface area (Å²) in [5, 5.41) is 3.04. The third-order valence-corrected chi connectivity index (χ3v) is 1.79. The van der Waals surface area contributed by atoms with E-state index in [1.807, 2.05) is 6.92 Å². The normalized spacial score (nSPS) is 7.78. The molecular formula is C5H11CuNS2. The maximum absolute atomic E-state index is 4.90. The SMILES string of the molecule is CCNC(=S)SCC.[Cu]. The van der Waals surface area contributed by atoms with Gasteiger partial charge in [-0.3, -0.25) is 0 Å². The molecule has 0 saturated heterocycles. The molecule has 1 radical (unpaired) electrons. The van der Waals surface area contributed by atoms with E-state index in [4.69, 9.17) is 12.2 Å². The summed E-state index contributed by atoms with van der Waals surface area (Å²) in [4.78, 5) is 0. The Morgan fingerprint density at radius 1 is 1.56 bits per heavy atom. The zero-order chi connectivity index (χ0) is 6.41. The number of rotatable bonds is 2. The van der Waals surface area contributed by atoms with Crippen LogP contribution in [0, 0.1) is 0 Å². The second-order valence-electron chi connectivity index (χ2n) is 1.25. The Hall–Kier alpha value is 0.759. The maximum Gasteiger partial charge on any atom is 0.133 e. The summed E-state index contributed by atoms with van der Waals surface area (Å²) in [6.07, 6.45) is 0. The van der Waals surface area contributed by atoms with Gasteiger partial charge >= 0.3 is 0 Å². The Morgan fingerprint density at radius 3 is 2.44 bits per heavy atom. The van der Waals surface area contributed by atoms with E-state index in [1.165, 1.54) is 0 Å². The topological polar surface area (TPSA) is 12.0 Å². The molecule has 0 heterocycles. The van der Waals surface area contributed by atoms with Crippen molar-refractivity contribution in [2.45, 2.75) is 13.8 Å². The zero-order valence-electron chi connectivity index (χ0n) is 5.53. The molecule has 9 heavy (non-hydrogen) atoms. The Kier molecular flexibility index (Phi) is 12.1. The van der Waals surface area contributed by atoms with Gasteiger partial charge in [0, 0.05) is 23.6 Å². The Labute approximate surface area is 76.8 Å². The largest absolute Gasteiger partial charge is 0.371 e. The summed E-state index contributed by atoms with van der Waals surface area (Å²) in [7, 11) is 0. The van der Waals surface area contributed by atoms with Crippen molar-refractivity contribution in [2.24, 2.45) is 0 Å². The van der Waals surface area contributed by atoms with Crippen molar-refractivity contribution in [1.82, 2.24) is 5.32 Å². The number of thioether (sulfide) groups is 1. The first-order valence-electron chi connectivity index (χ1n) is 2.71. The van der Waals surface area contributed by atoms with Gasteiger partial charge in [0.1, 0.15) is 4.32 Å². The minimum Gasteiger partial charge on any atom is -0.371 e. The fourth-order valence-corrected chi connectivity index (χ4v) is 1.33. The van der Waals surface area contributed by atoms with E-state index in [-0.39, 0.29) is 17.1 Å². The summed E-state index contributed by atoms with van der Waals surface area (Å²) in [6, 6.07) is 0. The maximum atomic E-state index is 4.90. The Balaban J connectivity index is 0. The molecule has 59 valence electrons. The minimum atomic E-state index is 0. The molecule has 0 rings (SSSR count). The first kappa shape index (κ1) is 12.4. The van der Waals surface area contributed by atoms with Gasteiger partial charge in [0.25, 0.3) is 0 Å². The minimum absolute atomic E-state index is 0. The van der Waals surface area contributed by atoms with E-state index in [2.05, 4.69) is 12.2 Å². The molecule has 0 aliphatic rings. The van der Waals surface area contributed by atoms with Crippen LogP contribution in [-0.4, -0.2) is 16.6 Å². The van der Waals surface area contributed by atoms with Gasteiger partial charge in [0.2, 0.25) is 0 Å². The van der Waals surface area contributed by atoms with Crippen molar-refractivity contribution < 1.29 is 17.1 Å². The van der Waals surface area contributed by atoms with Crippen LogP contribution in [0.25, 0.3) is 0 Å². The van der Waals surface area contributed by atoms with Crippen LogP contribution in [0.15, 0.2) is 0 Å². The third kappa shape index (κ3) is 8.76. The van der Waals surface area contributed by atoms with E-state index in [0.29, 0.717) is 0 Å².